The molecule has 0 radical (unpaired) electrons. The van der Waals surface area contributed by atoms with Gasteiger partial charge in [-0.2, -0.15) is 0 Å². The molecule has 1 heterocycles. The second kappa shape index (κ2) is 10.3. The lowest BCUT2D eigenvalue weighted by Crippen LogP contribution is -1.98. The van der Waals surface area contributed by atoms with E-state index < -0.39 is 5.97 Å². The third-order valence-electron chi connectivity index (χ3n) is 4.44. The Labute approximate surface area is 197 Å². The van der Waals surface area contributed by atoms with E-state index in [-0.39, 0.29) is 28.4 Å². The van der Waals surface area contributed by atoms with Crippen LogP contribution >= 0.6 is 23.4 Å². The zero-order valence-electron chi connectivity index (χ0n) is 16.9. The average Bonchev–Trinajstić information content (AvgIpc) is 3.28. The lowest BCUT2D eigenvalue weighted by atomic mass is 10.2. The van der Waals surface area contributed by atoms with E-state index in [2.05, 4.69) is 10.2 Å². The zero-order valence-corrected chi connectivity index (χ0v) is 18.5. The van der Waals surface area contributed by atoms with Crippen molar-refractivity contribution in [3.63, 3.8) is 0 Å². The predicted octanol–water partition coefficient (Wildman–Crippen LogP) is 6.33. The van der Waals surface area contributed by atoms with Gasteiger partial charge >= 0.3 is 5.97 Å². The third kappa shape index (κ3) is 6.00. The number of aromatic nitrogens is 2. The number of thioether (sulfide) groups is 1. The van der Waals surface area contributed by atoms with Crippen LogP contribution in [0.25, 0.3) is 17.5 Å². The van der Waals surface area contributed by atoms with Crippen molar-refractivity contribution in [1.29, 1.82) is 0 Å². The van der Waals surface area contributed by atoms with E-state index in [4.69, 9.17) is 20.8 Å². The van der Waals surface area contributed by atoms with Crippen molar-refractivity contribution < 1.29 is 23.4 Å². The maximum atomic E-state index is 13.7. The highest BCUT2D eigenvalue weighted by Gasteiger charge is 2.16. The number of benzene rings is 3. The van der Waals surface area contributed by atoms with Crippen LogP contribution in [0.5, 0.6) is 5.75 Å². The Balaban J connectivity index is 1.44. The minimum Gasteiger partial charge on any atom is -0.489 e. The number of carbonyl (C=O) groups is 1. The lowest BCUT2D eigenvalue weighted by molar-refractivity contribution is -0.131. The second-order valence-electron chi connectivity index (χ2n) is 6.74. The van der Waals surface area contributed by atoms with Gasteiger partial charge < -0.3 is 14.3 Å². The van der Waals surface area contributed by atoms with E-state index in [0.29, 0.717) is 27.5 Å². The molecule has 0 fully saturated rings. The molecule has 3 aromatic carbocycles. The summed E-state index contributed by atoms with van der Waals surface area (Å²) in [7, 11) is 0. The molecule has 0 saturated carbocycles. The maximum absolute atomic E-state index is 13.7. The predicted molar refractivity (Wildman–Crippen MR) is 123 cm³/mol. The Bertz CT molecular complexity index is 1290. The summed E-state index contributed by atoms with van der Waals surface area (Å²) >= 11 is 6.73. The summed E-state index contributed by atoms with van der Waals surface area (Å²) < 4.78 is 24.9. The average molecular weight is 483 g/mol. The molecule has 0 unspecified atom stereocenters. The van der Waals surface area contributed by atoms with E-state index in [1.165, 1.54) is 12.1 Å². The number of ether oxygens (including phenoxy) is 1. The number of aliphatic carboxylic acids is 1. The van der Waals surface area contributed by atoms with Gasteiger partial charge in [-0.15, -0.1) is 10.2 Å². The Morgan fingerprint density at radius 2 is 1.79 bits per heavy atom. The summed E-state index contributed by atoms with van der Waals surface area (Å²) in [4.78, 5) is 11.7. The van der Waals surface area contributed by atoms with Crippen molar-refractivity contribution in [1.82, 2.24) is 10.2 Å². The summed E-state index contributed by atoms with van der Waals surface area (Å²) in [6, 6.07) is 20.0. The van der Waals surface area contributed by atoms with E-state index in [1.807, 2.05) is 0 Å². The van der Waals surface area contributed by atoms with Crippen LogP contribution in [-0.4, -0.2) is 21.3 Å². The second-order valence-corrected chi connectivity index (χ2v) is 8.17. The molecule has 0 amide bonds. The fourth-order valence-electron chi connectivity index (χ4n) is 2.78. The highest BCUT2D eigenvalue weighted by molar-refractivity contribution is 8.03. The molecule has 0 saturated heterocycles. The first-order valence-corrected chi connectivity index (χ1v) is 10.9. The van der Waals surface area contributed by atoms with Crippen LogP contribution in [0.3, 0.4) is 0 Å². The molecule has 0 aliphatic heterocycles. The first-order valence-electron chi connectivity index (χ1n) is 9.66. The topological polar surface area (TPSA) is 85.5 Å². The molecule has 1 N–H and O–H groups in total. The normalized spacial score (nSPS) is 11.4. The molecule has 0 bridgehead atoms. The van der Waals surface area contributed by atoms with Gasteiger partial charge in [0.05, 0.1) is 0 Å². The summed E-state index contributed by atoms with van der Waals surface area (Å²) in [6.45, 7) is 0.0885. The Morgan fingerprint density at radius 3 is 2.48 bits per heavy atom. The fourth-order valence-corrected chi connectivity index (χ4v) is 3.58. The third-order valence-corrected chi connectivity index (χ3v) is 5.54. The molecule has 6 nitrogen and oxygen atoms in total. The standard InChI is InChI=1S/C24H16ClFN2O4S/c25-18-9-7-16(8-10-18)22-27-28-24(32-22)33-21(23(29)30)13-15-5-11-19(12-6-15)31-14-17-3-1-2-4-20(17)26/h1-13H,14H2,(H,29,30)/b21-13-. The highest BCUT2D eigenvalue weighted by Crippen LogP contribution is 2.30. The minimum absolute atomic E-state index is 0.00123. The number of carboxylic acids is 1. The summed E-state index contributed by atoms with van der Waals surface area (Å²) in [5, 5.41) is 18.1. The first kappa shape index (κ1) is 22.6. The van der Waals surface area contributed by atoms with Crippen LogP contribution in [0, 0.1) is 5.82 Å². The Morgan fingerprint density at radius 1 is 1.06 bits per heavy atom. The molecule has 0 spiro atoms. The van der Waals surface area contributed by atoms with E-state index in [9.17, 15) is 14.3 Å². The van der Waals surface area contributed by atoms with Crippen LogP contribution in [0.1, 0.15) is 11.1 Å². The van der Waals surface area contributed by atoms with Gasteiger partial charge in [-0.1, -0.05) is 41.9 Å². The SMILES string of the molecule is O=C(O)/C(=C/c1ccc(OCc2ccccc2F)cc1)Sc1nnc(-c2ccc(Cl)cc2)o1. The molecular formula is C24H16ClFN2O4S. The maximum Gasteiger partial charge on any atom is 0.342 e. The van der Waals surface area contributed by atoms with Crippen LogP contribution in [-0.2, 0) is 11.4 Å². The Kier molecular flexibility index (Phi) is 7.07. The van der Waals surface area contributed by atoms with Gasteiger partial charge in [-0.05, 0) is 65.9 Å². The molecule has 1 aromatic heterocycles. The van der Waals surface area contributed by atoms with Crippen LogP contribution in [0.4, 0.5) is 4.39 Å². The van der Waals surface area contributed by atoms with Crippen molar-refractivity contribution in [3.8, 4) is 17.2 Å². The van der Waals surface area contributed by atoms with Gasteiger partial charge in [0, 0.05) is 16.1 Å². The van der Waals surface area contributed by atoms with Crippen molar-refractivity contribution in [2.75, 3.05) is 0 Å². The zero-order chi connectivity index (χ0) is 23.2. The van der Waals surface area contributed by atoms with Gasteiger partial charge in [0.2, 0.25) is 5.89 Å². The monoisotopic (exact) mass is 482 g/mol. The van der Waals surface area contributed by atoms with Crippen LogP contribution in [0.15, 0.2) is 87.3 Å². The van der Waals surface area contributed by atoms with Gasteiger partial charge in [0.15, 0.2) is 0 Å². The van der Waals surface area contributed by atoms with Crippen molar-refractivity contribution in [2.45, 2.75) is 11.8 Å². The molecular weight excluding hydrogens is 467 g/mol. The fraction of sp³-hybridized carbons (Fsp3) is 0.0417. The minimum atomic E-state index is -1.13. The van der Waals surface area contributed by atoms with Gasteiger partial charge in [0.25, 0.3) is 5.22 Å². The van der Waals surface area contributed by atoms with Crippen molar-refractivity contribution >= 4 is 35.4 Å². The van der Waals surface area contributed by atoms with Crippen molar-refractivity contribution in [3.05, 3.63) is 99.7 Å². The van der Waals surface area contributed by atoms with Gasteiger partial charge in [-0.25, -0.2) is 9.18 Å². The molecule has 0 aliphatic rings. The van der Waals surface area contributed by atoms with Crippen molar-refractivity contribution in [2.24, 2.45) is 0 Å². The summed E-state index contributed by atoms with van der Waals surface area (Å²) in [5.74, 6) is -0.675. The summed E-state index contributed by atoms with van der Waals surface area (Å²) in [6.07, 6.45) is 1.49. The molecule has 9 heteroatoms. The van der Waals surface area contributed by atoms with Crippen LogP contribution < -0.4 is 4.74 Å². The lowest BCUT2D eigenvalue weighted by Gasteiger charge is -2.07. The number of rotatable bonds is 8. The summed E-state index contributed by atoms with van der Waals surface area (Å²) in [5.41, 5.74) is 1.75. The smallest absolute Gasteiger partial charge is 0.342 e. The molecule has 0 atom stereocenters. The number of nitrogens with zero attached hydrogens (tertiary/aromatic N) is 2. The number of carboxylic acid groups (broad SMARTS) is 1. The van der Waals surface area contributed by atoms with Gasteiger partial charge in [0.1, 0.15) is 23.1 Å². The number of hydrogen-bond donors (Lipinski definition) is 1. The molecule has 4 rings (SSSR count). The first-order chi connectivity index (χ1) is 16.0. The number of halogens is 2. The van der Waals surface area contributed by atoms with Gasteiger partial charge in [-0.3, -0.25) is 0 Å². The number of hydrogen-bond acceptors (Lipinski definition) is 6. The largest absolute Gasteiger partial charge is 0.489 e. The quantitative estimate of drug-likeness (QED) is 0.232. The van der Waals surface area contributed by atoms with E-state index in [1.54, 1.807) is 66.7 Å². The van der Waals surface area contributed by atoms with E-state index >= 15 is 0 Å². The molecule has 33 heavy (non-hydrogen) atoms. The molecule has 0 aliphatic carbocycles. The molecule has 166 valence electrons. The Hall–Kier alpha value is -3.62. The van der Waals surface area contributed by atoms with Crippen LogP contribution in [0.2, 0.25) is 5.02 Å². The highest BCUT2D eigenvalue weighted by atomic mass is 35.5. The molecule has 4 aromatic rings. The van der Waals surface area contributed by atoms with E-state index in [0.717, 1.165) is 11.8 Å².